The first kappa shape index (κ1) is 56.1. The molecule has 0 N–H and O–H groups in total. The van der Waals surface area contributed by atoms with E-state index >= 15 is 9.59 Å². The molecule has 11 nitrogen and oxygen atoms in total. The van der Waals surface area contributed by atoms with Gasteiger partial charge in [-0.3, -0.25) is 0 Å². The number of carbonyl (C=O) groups is 2. The second-order valence-corrected chi connectivity index (χ2v) is 27.6. The Morgan fingerprint density at radius 3 is 0.875 bits per heavy atom. The zero-order valence-electron chi connectivity index (χ0n) is 41.9. The Hall–Kier alpha value is -8.66. The summed E-state index contributed by atoms with van der Waals surface area (Å²) in [6, 6.07) is 60.2. The van der Waals surface area contributed by atoms with Gasteiger partial charge in [-0.1, -0.05) is 0 Å². The van der Waals surface area contributed by atoms with Gasteiger partial charge in [0, 0.05) is 0 Å². The van der Waals surface area contributed by atoms with Gasteiger partial charge in [0.2, 0.25) is 0 Å². The van der Waals surface area contributed by atoms with Crippen LogP contribution in [0.4, 0.5) is 37.7 Å². The van der Waals surface area contributed by atoms with Crippen molar-refractivity contribution in [2.75, 3.05) is 12.3 Å². The van der Waals surface area contributed by atoms with E-state index in [-0.39, 0.29) is 60.4 Å². The fourth-order valence-corrected chi connectivity index (χ4v) is 21.2. The van der Waals surface area contributed by atoms with Crippen LogP contribution >= 0.6 is 13.7 Å². The molecular formula is C60H45BF6N2O9P2. The number of hydrogen-bond acceptors (Lipinski definition) is 9. The van der Waals surface area contributed by atoms with E-state index in [4.69, 9.17) is 13.5 Å². The molecule has 0 aromatic heterocycles. The van der Waals surface area contributed by atoms with Crippen molar-refractivity contribution in [3.63, 3.8) is 0 Å². The molecule has 0 aliphatic rings. The topological polar surface area (TPSA) is 148 Å². The monoisotopic (exact) mass is 1120 g/mol. The van der Waals surface area contributed by atoms with Gasteiger partial charge in [-0.15, -0.1) is 0 Å². The quantitative estimate of drug-likeness (QED) is 0.0182. The van der Waals surface area contributed by atoms with E-state index in [1.54, 1.807) is 182 Å². The van der Waals surface area contributed by atoms with E-state index in [1.165, 1.54) is 24.3 Å². The van der Waals surface area contributed by atoms with E-state index in [9.17, 15) is 46.6 Å². The predicted octanol–water partition coefficient (Wildman–Crippen LogP) is 12.6. The molecule has 0 atom stereocenters. The molecule has 404 valence electrons. The summed E-state index contributed by atoms with van der Waals surface area (Å²) < 4.78 is 112. The van der Waals surface area contributed by atoms with Gasteiger partial charge in [-0.05, 0) is 0 Å². The molecule has 0 aliphatic carbocycles. The van der Waals surface area contributed by atoms with Crippen LogP contribution in [0.25, 0.3) is 0 Å². The molecular weight excluding hydrogens is 1080 g/mol. The van der Waals surface area contributed by atoms with E-state index in [1.807, 2.05) is 0 Å². The van der Waals surface area contributed by atoms with Crippen LogP contribution in [0, 0.1) is 20.2 Å². The van der Waals surface area contributed by atoms with E-state index in [0.717, 1.165) is 24.3 Å². The Kier molecular flexibility index (Phi) is 15.6. The van der Waals surface area contributed by atoms with E-state index in [0.29, 0.717) is 12.1 Å². The number of carbonyl (C=O) groups excluding carboxylic acids is 2. The minimum atomic E-state index is -5.50. The number of nitro benzene ring substituents is 2. The van der Waals surface area contributed by atoms with Gasteiger partial charge in [0.15, 0.2) is 0 Å². The third-order valence-electron chi connectivity index (χ3n) is 13.9. The van der Waals surface area contributed by atoms with Crippen molar-refractivity contribution in [1.29, 1.82) is 0 Å². The van der Waals surface area contributed by atoms with Crippen LogP contribution < -0.4 is 36.5 Å². The summed E-state index contributed by atoms with van der Waals surface area (Å²) in [5.74, 6) is -2.39. The van der Waals surface area contributed by atoms with Crippen molar-refractivity contribution < 1.29 is 59.3 Å². The van der Waals surface area contributed by atoms with E-state index < -0.39 is 83.9 Å². The Morgan fingerprint density at radius 2 is 0.650 bits per heavy atom. The summed E-state index contributed by atoms with van der Waals surface area (Å²) in [4.78, 5) is 53.8. The minimum absolute atomic E-state index is 0.0340. The molecule has 20 heteroatoms. The zero-order valence-corrected chi connectivity index (χ0v) is 43.7. The van der Waals surface area contributed by atoms with Gasteiger partial charge in [0.1, 0.15) is 0 Å². The van der Waals surface area contributed by atoms with Crippen molar-refractivity contribution in [3.05, 3.63) is 291 Å². The van der Waals surface area contributed by atoms with Gasteiger partial charge in [0.05, 0.1) is 0 Å². The number of hydrogen-bond donors (Lipinski definition) is 0. The summed E-state index contributed by atoms with van der Waals surface area (Å²) in [5.41, 5.74) is -4.23. The first-order chi connectivity index (χ1) is 38.3. The summed E-state index contributed by atoms with van der Waals surface area (Å²) in [5, 5.41) is 25.5. The number of nitro groups is 2. The van der Waals surface area contributed by atoms with Crippen molar-refractivity contribution in [2.45, 2.75) is 12.4 Å². The van der Waals surface area contributed by atoms with Gasteiger partial charge < -0.3 is 0 Å². The first-order valence-corrected chi connectivity index (χ1v) is 29.2. The third-order valence-corrected chi connectivity index (χ3v) is 25.3. The molecule has 0 bridgehead atoms. The van der Waals surface area contributed by atoms with Crippen molar-refractivity contribution in [1.82, 2.24) is 0 Å². The SMILES string of the molecule is O=C(CP(OB(Oc1cc(C(F)(F)F)cc(C(F)(F)F)c1)OP(CC(=O)c1ccc([N+](=O)[O-])cc1)(c1ccccc1)(c1ccccc1)c1ccccc1)(c1ccccc1)(c1ccccc1)c1ccccc1)c1ccc([N+](=O)[O-])cc1. The van der Waals surface area contributed by atoms with Crippen LogP contribution in [-0.4, -0.2) is 41.1 Å². The average Bonchev–Trinajstić information content (AvgIpc) is 3.66. The Morgan fingerprint density at radius 1 is 0.400 bits per heavy atom. The van der Waals surface area contributed by atoms with Gasteiger partial charge in [-0.2, -0.15) is 0 Å². The predicted molar refractivity (Wildman–Crippen MR) is 300 cm³/mol. The van der Waals surface area contributed by atoms with E-state index in [2.05, 4.69) is 0 Å². The number of benzene rings is 9. The first-order valence-electron chi connectivity index (χ1n) is 24.5. The molecule has 9 aromatic rings. The molecule has 0 unspecified atom stereocenters. The molecule has 0 heterocycles. The number of non-ortho nitro benzene ring substituents is 2. The normalized spacial score (nSPS) is 12.9. The third kappa shape index (κ3) is 10.5. The van der Waals surface area contributed by atoms with Crippen molar-refractivity contribution in [2.24, 2.45) is 0 Å². The summed E-state index contributed by atoms with van der Waals surface area (Å²) >= 11 is 0. The van der Waals surface area contributed by atoms with Crippen LogP contribution in [0.1, 0.15) is 31.8 Å². The van der Waals surface area contributed by atoms with Gasteiger partial charge in [-0.25, -0.2) is 0 Å². The maximum atomic E-state index is 15.7. The second kappa shape index (κ2) is 22.2. The number of ketones is 2. The van der Waals surface area contributed by atoms with Crippen molar-refractivity contribution >= 4 is 75.8 Å². The molecule has 0 radical (unpaired) electrons. The van der Waals surface area contributed by atoms with Crippen LogP contribution in [-0.2, 0) is 21.2 Å². The van der Waals surface area contributed by atoms with Crippen LogP contribution in [0.5, 0.6) is 5.75 Å². The second-order valence-electron chi connectivity index (χ2n) is 18.6. The molecule has 0 aliphatic heterocycles. The molecule has 0 amide bonds. The number of alkyl halides is 6. The number of rotatable bonds is 20. The van der Waals surface area contributed by atoms with Crippen molar-refractivity contribution in [3.8, 4) is 5.75 Å². The maximum absolute atomic E-state index is 15.7. The standard InChI is InChI=1S/C60H45BF6N2O9P2/c62-59(63,64)46-39-47(60(65,66)67)41-50(40-46)76-61(77-79(51-19-7-1-8-20-51,52-21-9-2-10-22-52,53-23-11-3-12-24-53)42-57(70)44-31-35-48(36-32-44)68(72)73)78-80(54-25-13-4-14-26-54,55-27-15-5-16-28-55,56-29-17-6-18-30-56)43-58(71)45-33-37-49(38-34-45)69(74)75/h1-41H,42-43H2. The van der Waals surface area contributed by atoms with Crippen LogP contribution in [0.3, 0.4) is 0 Å². The molecule has 0 saturated heterocycles. The molecule has 0 saturated carbocycles. The molecule has 80 heavy (non-hydrogen) atoms. The summed E-state index contributed by atoms with van der Waals surface area (Å²) in [6.07, 6.45) is -12.1. The summed E-state index contributed by atoms with van der Waals surface area (Å²) in [7, 11) is -2.55. The zero-order chi connectivity index (χ0) is 56.8. The summed E-state index contributed by atoms with van der Waals surface area (Å²) in [6.45, 7) is -11.0. The Labute approximate surface area is 454 Å². The molecule has 9 rings (SSSR count). The average molecular weight is 1120 g/mol. The molecule has 9 aromatic carbocycles. The van der Waals surface area contributed by atoms with Gasteiger partial charge in [0.25, 0.3) is 0 Å². The van der Waals surface area contributed by atoms with Gasteiger partial charge >= 0.3 is 457 Å². The number of nitrogens with zero attached hydrogens (tertiary/aromatic N) is 2. The Balaban J connectivity index is 1.46. The fraction of sp³-hybridized carbons (Fsp3) is 0.0667. The molecule has 0 fully saturated rings. The Bertz CT molecular complexity index is 3250. The number of halogens is 6. The molecule has 0 spiro atoms. The number of Topliss-reactive ketones (excluding diaryl/α,β-unsaturated/α-hetero) is 2. The fourth-order valence-electron chi connectivity index (χ4n) is 10.2. The van der Waals surface area contributed by atoms with Crippen LogP contribution in [0.15, 0.2) is 249 Å². The van der Waals surface area contributed by atoms with Crippen LogP contribution in [0.2, 0.25) is 0 Å².